The van der Waals surface area contributed by atoms with Crippen molar-refractivity contribution in [3.63, 3.8) is 0 Å². The van der Waals surface area contributed by atoms with Gasteiger partial charge in [-0.3, -0.25) is 4.79 Å². The van der Waals surface area contributed by atoms with Gasteiger partial charge in [0, 0.05) is 5.92 Å². The van der Waals surface area contributed by atoms with Crippen molar-refractivity contribution in [1.29, 1.82) is 5.26 Å². The molecule has 66 valence electrons. The maximum Gasteiger partial charge on any atom is 0.153 e. The Labute approximate surface area is 72.5 Å². The molecule has 1 saturated carbocycles. The zero-order valence-corrected chi connectivity index (χ0v) is 7.29. The molecule has 1 rings (SSSR count). The minimum atomic E-state index is -0.413. The van der Waals surface area contributed by atoms with E-state index in [0.29, 0.717) is 0 Å². The molecule has 3 heteroatoms. The Kier molecular flexibility index (Phi) is 2.83. The van der Waals surface area contributed by atoms with Gasteiger partial charge in [-0.25, -0.2) is 0 Å². The van der Waals surface area contributed by atoms with Crippen LogP contribution in [0.15, 0.2) is 0 Å². The largest absolute Gasteiger partial charge is 0.322 e. The molecule has 1 aliphatic rings. The Hall–Kier alpha value is -0.880. The fourth-order valence-corrected chi connectivity index (χ4v) is 1.79. The third kappa shape index (κ3) is 1.64. The van der Waals surface area contributed by atoms with Gasteiger partial charge in [-0.2, -0.15) is 5.26 Å². The van der Waals surface area contributed by atoms with Gasteiger partial charge < -0.3 is 5.73 Å². The molecular formula is C9H14N2O. The van der Waals surface area contributed by atoms with E-state index in [2.05, 4.69) is 6.07 Å². The highest BCUT2D eigenvalue weighted by Crippen LogP contribution is 2.32. The number of rotatable bonds is 2. The number of ketones is 1. The molecule has 0 amide bonds. The molecular weight excluding hydrogens is 152 g/mol. The summed E-state index contributed by atoms with van der Waals surface area (Å²) in [6, 6.07) is 1.76. The van der Waals surface area contributed by atoms with Crippen LogP contribution in [0.3, 0.4) is 0 Å². The Bertz CT molecular complexity index is 217. The number of carbonyl (C=O) groups excluding carboxylic acids is 1. The average molecular weight is 166 g/mol. The quantitative estimate of drug-likeness (QED) is 0.661. The highest BCUT2D eigenvalue weighted by atomic mass is 16.1. The van der Waals surface area contributed by atoms with E-state index in [9.17, 15) is 4.79 Å². The predicted molar refractivity (Wildman–Crippen MR) is 45.1 cm³/mol. The van der Waals surface area contributed by atoms with Crippen LogP contribution >= 0.6 is 0 Å². The molecule has 0 aromatic rings. The van der Waals surface area contributed by atoms with E-state index in [1.807, 2.05) is 0 Å². The number of nitrogens with two attached hydrogens (primary N) is 1. The van der Waals surface area contributed by atoms with Gasteiger partial charge in [-0.05, 0) is 19.8 Å². The molecule has 3 atom stereocenters. The van der Waals surface area contributed by atoms with Crippen molar-refractivity contribution in [2.45, 2.75) is 32.2 Å². The summed E-state index contributed by atoms with van der Waals surface area (Å²) < 4.78 is 0. The van der Waals surface area contributed by atoms with Crippen molar-refractivity contribution >= 4 is 5.78 Å². The second-order valence-electron chi connectivity index (χ2n) is 3.46. The number of nitrogens with zero attached hydrogens (tertiary/aromatic N) is 1. The molecule has 1 unspecified atom stereocenters. The van der Waals surface area contributed by atoms with E-state index in [-0.39, 0.29) is 17.6 Å². The maximum absolute atomic E-state index is 11.4. The first-order valence-electron chi connectivity index (χ1n) is 4.35. The SMILES string of the molecule is C[C@H](N)C(=O)C1CCC[C@H]1C#N. The van der Waals surface area contributed by atoms with E-state index in [1.54, 1.807) is 6.92 Å². The summed E-state index contributed by atoms with van der Waals surface area (Å²) >= 11 is 0. The van der Waals surface area contributed by atoms with Gasteiger partial charge in [0.25, 0.3) is 0 Å². The highest BCUT2D eigenvalue weighted by Gasteiger charge is 2.33. The van der Waals surface area contributed by atoms with Gasteiger partial charge in [-0.1, -0.05) is 6.42 Å². The lowest BCUT2D eigenvalue weighted by molar-refractivity contribution is -0.124. The molecule has 1 aliphatic carbocycles. The molecule has 0 aromatic carbocycles. The van der Waals surface area contributed by atoms with Gasteiger partial charge in [-0.15, -0.1) is 0 Å². The lowest BCUT2D eigenvalue weighted by atomic mass is 9.90. The smallest absolute Gasteiger partial charge is 0.153 e. The summed E-state index contributed by atoms with van der Waals surface area (Å²) in [6.07, 6.45) is 2.69. The Morgan fingerprint density at radius 1 is 1.67 bits per heavy atom. The zero-order valence-electron chi connectivity index (χ0n) is 7.29. The standard InChI is InChI=1S/C9H14N2O/c1-6(11)9(12)8-4-2-3-7(8)5-10/h6-8H,2-4,11H2,1H3/t6-,7-,8?/m0/s1. The lowest BCUT2D eigenvalue weighted by Gasteiger charge is -2.13. The molecule has 0 spiro atoms. The Balaban J connectivity index is 2.63. The Morgan fingerprint density at radius 3 is 2.83 bits per heavy atom. The predicted octanol–water partition coefficient (Wildman–Crippen LogP) is 0.843. The number of carbonyl (C=O) groups is 1. The zero-order chi connectivity index (χ0) is 9.14. The van der Waals surface area contributed by atoms with Crippen LogP contribution in [0.25, 0.3) is 0 Å². The first kappa shape index (κ1) is 9.21. The number of hydrogen-bond acceptors (Lipinski definition) is 3. The first-order valence-corrected chi connectivity index (χ1v) is 4.35. The molecule has 1 fully saturated rings. The Morgan fingerprint density at radius 2 is 2.33 bits per heavy atom. The second kappa shape index (κ2) is 3.68. The summed E-state index contributed by atoms with van der Waals surface area (Å²) in [5.41, 5.74) is 5.47. The van der Waals surface area contributed by atoms with Gasteiger partial charge >= 0.3 is 0 Å². The summed E-state index contributed by atoms with van der Waals surface area (Å²) in [4.78, 5) is 11.4. The van der Waals surface area contributed by atoms with Gasteiger partial charge in [0.15, 0.2) is 5.78 Å². The van der Waals surface area contributed by atoms with Crippen LogP contribution in [0, 0.1) is 23.2 Å². The molecule has 0 saturated heterocycles. The van der Waals surface area contributed by atoms with E-state index >= 15 is 0 Å². The van der Waals surface area contributed by atoms with E-state index in [0.717, 1.165) is 19.3 Å². The topological polar surface area (TPSA) is 66.9 Å². The van der Waals surface area contributed by atoms with Crippen molar-refractivity contribution in [3.8, 4) is 6.07 Å². The average Bonchev–Trinajstić information content (AvgIpc) is 2.49. The lowest BCUT2D eigenvalue weighted by Crippen LogP contribution is -2.34. The van der Waals surface area contributed by atoms with Crippen molar-refractivity contribution < 1.29 is 4.79 Å². The third-order valence-corrected chi connectivity index (χ3v) is 2.50. The van der Waals surface area contributed by atoms with Gasteiger partial charge in [0.05, 0.1) is 18.0 Å². The fourth-order valence-electron chi connectivity index (χ4n) is 1.79. The van der Waals surface area contributed by atoms with E-state index in [1.165, 1.54) is 0 Å². The number of hydrogen-bond donors (Lipinski definition) is 1. The number of Topliss-reactive ketones (excluding diaryl/α,β-unsaturated/α-hetero) is 1. The van der Waals surface area contributed by atoms with Crippen molar-refractivity contribution in [3.05, 3.63) is 0 Å². The molecule has 2 N–H and O–H groups in total. The van der Waals surface area contributed by atoms with Crippen molar-refractivity contribution in [2.24, 2.45) is 17.6 Å². The van der Waals surface area contributed by atoms with Crippen molar-refractivity contribution in [1.82, 2.24) is 0 Å². The number of nitriles is 1. The summed E-state index contributed by atoms with van der Waals surface area (Å²) in [5.74, 6) is -0.113. The van der Waals surface area contributed by atoms with Gasteiger partial charge in [0.2, 0.25) is 0 Å². The summed E-state index contributed by atoms with van der Waals surface area (Å²) in [6.45, 7) is 1.69. The van der Waals surface area contributed by atoms with E-state index in [4.69, 9.17) is 11.0 Å². The normalized spacial score (nSPS) is 31.1. The summed E-state index contributed by atoms with van der Waals surface area (Å²) in [7, 11) is 0. The fraction of sp³-hybridized carbons (Fsp3) is 0.778. The maximum atomic E-state index is 11.4. The molecule has 12 heavy (non-hydrogen) atoms. The van der Waals surface area contributed by atoms with Crippen LogP contribution in [0.2, 0.25) is 0 Å². The van der Waals surface area contributed by atoms with Crippen molar-refractivity contribution in [2.75, 3.05) is 0 Å². The molecule has 3 nitrogen and oxygen atoms in total. The van der Waals surface area contributed by atoms with Crippen LogP contribution in [0.5, 0.6) is 0 Å². The van der Waals surface area contributed by atoms with E-state index < -0.39 is 6.04 Å². The molecule has 0 radical (unpaired) electrons. The van der Waals surface area contributed by atoms with Crippen LogP contribution in [0.4, 0.5) is 0 Å². The van der Waals surface area contributed by atoms with Crippen LogP contribution < -0.4 is 5.73 Å². The van der Waals surface area contributed by atoms with Gasteiger partial charge in [0.1, 0.15) is 0 Å². The van der Waals surface area contributed by atoms with Crippen LogP contribution in [-0.2, 0) is 4.79 Å². The highest BCUT2D eigenvalue weighted by molar-refractivity contribution is 5.86. The molecule has 0 bridgehead atoms. The molecule has 0 aliphatic heterocycles. The third-order valence-electron chi connectivity index (χ3n) is 2.50. The molecule has 0 heterocycles. The first-order chi connectivity index (χ1) is 5.66. The molecule has 0 aromatic heterocycles. The monoisotopic (exact) mass is 166 g/mol. The second-order valence-corrected chi connectivity index (χ2v) is 3.46. The minimum Gasteiger partial charge on any atom is -0.322 e. The summed E-state index contributed by atoms with van der Waals surface area (Å²) in [5, 5.41) is 8.72. The van der Waals surface area contributed by atoms with Crippen LogP contribution in [-0.4, -0.2) is 11.8 Å². The van der Waals surface area contributed by atoms with Crippen LogP contribution in [0.1, 0.15) is 26.2 Å². The minimum absolute atomic E-state index is 0.0547.